The Kier molecular flexibility index (Phi) is 9.54. The van der Waals surface area contributed by atoms with E-state index in [-0.39, 0.29) is 26.9 Å². The maximum atomic E-state index is 13.7. The van der Waals surface area contributed by atoms with Gasteiger partial charge in [0.1, 0.15) is 18.0 Å². The first-order chi connectivity index (χ1) is 22.3. The van der Waals surface area contributed by atoms with E-state index in [0.29, 0.717) is 17.6 Å². The lowest BCUT2D eigenvalue weighted by molar-refractivity contribution is -0.137. The Morgan fingerprint density at radius 2 is 1.26 bits per heavy atom. The summed E-state index contributed by atoms with van der Waals surface area (Å²) >= 11 is 0. The van der Waals surface area contributed by atoms with Crippen LogP contribution in [0.15, 0.2) is 143 Å². The quantitative estimate of drug-likeness (QED) is 0.153. The van der Waals surface area contributed by atoms with Gasteiger partial charge >= 0.3 is 6.18 Å². The molecule has 0 aliphatic carbocycles. The molecule has 242 valence electrons. The number of hydrogen-bond donors (Lipinski definition) is 2. The molecule has 5 aromatic rings. The highest BCUT2D eigenvalue weighted by atomic mass is 32.2. The van der Waals surface area contributed by atoms with Crippen molar-refractivity contribution in [2.45, 2.75) is 16.0 Å². The first kappa shape index (κ1) is 33.0. The monoisotopic (exact) mass is 681 g/mol. The van der Waals surface area contributed by atoms with Crippen LogP contribution in [0.4, 0.5) is 30.2 Å². The molecule has 0 saturated carbocycles. The van der Waals surface area contributed by atoms with Crippen molar-refractivity contribution in [3.8, 4) is 11.5 Å². The molecular formula is C33H26F3N3O6S2. The normalized spacial score (nSPS) is 11.8. The van der Waals surface area contributed by atoms with E-state index >= 15 is 0 Å². The van der Waals surface area contributed by atoms with E-state index in [0.717, 1.165) is 28.6 Å². The number of nitrogens with one attached hydrogen (secondary N) is 2. The minimum atomic E-state index is -4.66. The summed E-state index contributed by atoms with van der Waals surface area (Å²) in [6.45, 7) is -0.632. The van der Waals surface area contributed by atoms with E-state index in [1.54, 1.807) is 54.6 Å². The van der Waals surface area contributed by atoms with Gasteiger partial charge in [0.15, 0.2) is 0 Å². The van der Waals surface area contributed by atoms with Gasteiger partial charge in [-0.15, -0.1) is 0 Å². The average molecular weight is 682 g/mol. The molecule has 5 rings (SSSR count). The van der Waals surface area contributed by atoms with Crippen LogP contribution in [0.5, 0.6) is 11.5 Å². The van der Waals surface area contributed by atoms with Gasteiger partial charge in [0.25, 0.3) is 20.0 Å². The number of rotatable bonds is 11. The first-order valence-electron chi connectivity index (χ1n) is 13.8. The van der Waals surface area contributed by atoms with Gasteiger partial charge in [-0.2, -0.15) is 13.2 Å². The zero-order valence-electron chi connectivity index (χ0n) is 24.3. The maximum absolute atomic E-state index is 13.7. The second kappa shape index (κ2) is 13.6. The highest BCUT2D eigenvalue weighted by Crippen LogP contribution is 2.32. The van der Waals surface area contributed by atoms with Crippen molar-refractivity contribution in [2.75, 3.05) is 20.9 Å². The molecule has 0 radical (unpaired) electrons. The predicted molar refractivity (Wildman–Crippen MR) is 171 cm³/mol. The van der Waals surface area contributed by atoms with E-state index in [1.807, 2.05) is 6.07 Å². The zero-order valence-corrected chi connectivity index (χ0v) is 25.9. The number of para-hydroxylation sites is 1. The smallest absolute Gasteiger partial charge is 0.416 e. The Hall–Kier alpha value is -5.34. The highest BCUT2D eigenvalue weighted by molar-refractivity contribution is 7.93. The standard InChI is InChI=1S/C33H26F3N3O6S2/c34-33(35,36)24-8-7-9-26(22-24)38-46(41,42)30-20-14-25(15-21-30)37-32(40)23-39(47(43,44)31-12-5-2-6-13-31)27-16-18-29(19-17-27)45-28-10-3-1-4-11-28/h1-22,38H,23H2,(H,37,40). The summed E-state index contributed by atoms with van der Waals surface area (Å²) in [4.78, 5) is 12.8. The number of sulfonamides is 2. The van der Waals surface area contributed by atoms with Crippen molar-refractivity contribution >= 4 is 43.0 Å². The van der Waals surface area contributed by atoms with Crippen LogP contribution in [0.3, 0.4) is 0 Å². The molecule has 1 amide bonds. The number of amides is 1. The average Bonchev–Trinajstić information content (AvgIpc) is 3.05. The fourth-order valence-electron chi connectivity index (χ4n) is 4.36. The zero-order chi connectivity index (χ0) is 33.7. The van der Waals surface area contributed by atoms with Crippen LogP contribution < -0.4 is 19.1 Å². The van der Waals surface area contributed by atoms with E-state index < -0.39 is 44.2 Å². The molecule has 47 heavy (non-hydrogen) atoms. The number of alkyl halides is 3. The van der Waals surface area contributed by atoms with E-state index in [2.05, 4.69) is 10.0 Å². The lowest BCUT2D eigenvalue weighted by Gasteiger charge is -2.24. The van der Waals surface area contributed by atoms with Crippen LogP contribution in [0.25, 0.3) is 0 Å². The number of benzene rings is 5. The van der Waals surface area contributed by atoms with E-state index in [4.69, 9.17) is 4.74 Å². The molecule has 0 aromatic heterocycles. The maximum Gasteiger partial charge on any atom is 0.416 e. The SMILES string of the molecule is O=C(CN(c1ccc(Oc2ccccc2)cc1)S(=O)(=O)c1ccccc1)Nc1ccc(S(=O)(=O)Nc2cccc(C(F)(F)F)c2)cc1. The second-order valence-corrected chi connectivity index (χ2v) is 13.5. The van der Waals surface area contributed by atoms with Crippen molar-refractivity contribution in [3.05, 3.63) is 139 Å². The lowest BCUT2D eigenvalue weighted by Crippen LogP contribution is -2.38. The van der Waals surface area contributed by atoms with Crippen LogP contribution in [0.1, 0.15) is 5.56 Å². The van der Waals surface area contributed by atoms with Crippen molar-refractivity contribution in [1.82, 2.24) is 0 Å². The van der Waals surface area contributed by atoms with Crippen LogP contribution in [-0.2, 0) is 31.0 Å². The molecule has 0 aliphatic heterocycles. The Labute approximate surface area is 269 Å². The Morgan fingerprint density at radius 3 is 1.87 bits per heavy atom. The van der Waals surface area contributed by atoms with Crippen molar-refractivity contribution < 1.29 is 39.5 Å². The van der Waals surface area contributed by atoms with Crippen LogP contribution in [0.2, 0.25) is 0 Å². The summed E-state index contributed by atoms with van der Waals surface area (Å²) in [7, 11) is -8.49. The van der Waals surface area contributed by atoms with E-state index in [9.17, 15) is 34.8 Å². The number of anilines is 3. The third kappa shape index (κ3) is 8.28. The molecule has 0 saturated heterocycles. The fourth-order valence-corrected chi connectivity index (χ4v) is 6.85. The third-order valence-electron chi connectivity index (χ3n) is 6.61. The number of carbonyl (C=O) groups excluding carboxylic acids is 1. The summed E-state index contributed by atoms with van der Waals surface area (Å²) < 4.78 is 101. The molecule has 0 unspecified atom stereocenters. The molecule has 0 spiro atoms. The van der Waals surface area contributed by atoms with Gasteiger partial charge in [-0.25, -0.2) is 16.8 Å². The fraction of sp³-hybridized carbons (Fsp3) is 0.0606. The molecule has 5 aromatic carbocycles. The minimum Gasteiger partial charge on any atom is -0.457 e. The van der Waals surface area contributed by atoms with Crippen molar-refractivity contribution in [2.24, 2.45) is 0 Å². The molecule has 0 bridgehead atoms. The summed E-state index contributed by atoms with van der Waals surface area (Å²) in [5, 5.41) is 2.55. The van der Waals surface area contributed by atoms with Gasteiger partial charge in [0.2, 0.25) is 5.91 Å². The van der Waals surface area contributed by atoms with Gasteiger partial charge in [-0.3, -0.25) is 13.8 Å². The molecule has 0 fully saturated rings. The van der Waals surface area contributed by atoms with Gasteiger partial charge in [-0.05, 0) is 91.0 Å². The number of carbonyl (C=O) groups is 1. The first-order valence-corrected chi connectivity index (χ1v) is 16.7. The van der Waals surface area contributed by atoms with Crippen LogP contribution >= 0.6 is 0 Å². The Balaban J connectivity index is 1.32. The Bertz CT molecular complexity index is 2060. The van der Waals surface area contributed by atoms with E-state index in [1.165, 1.54) is 42.5 Å². The summed E-state index contributed by atoms with van der Waals surface area (Å²) in [6.07, 6.45) is -4.66. The number of ether oxygens (including phenoxy) is 1. The second-order valence-electron chi connectivity index (χ2n) is 9.99. The number of hydrogen-bond acceptors (Lipinski definition) is 6. The number of nitrogens with zero attached hydrogens (tertiary/aromatic N) is 1. The lowest BCUT2D eigenvalue weighted by atomic mass is 10.2. The number of halogens is 3. The van der Waals surface area contributed by atoms with Gasteiger partial charge < -0.3 is 10.1 Å². The van der Waals surface area contributed by atoms with Gasteiger partial charge in [0.05, 0.1) is 21.0 Å². The van der Waals surface area contributed by atoms with Crippen molar-refractivity contribution in [1.29, 1.82) is 0 Å². The summed E-state index contributed by atoms with van der Waals surface area (Å²) in [5.41, 5.74) is -0.963. The Morgan fingerprint density at radius 1 is 0.660 bits per heavy atom. The molecule has 14 heteroatoms. The summed E-state index contributed by atoms with van der Waals surface area (Å²) in [5.74, 6) is 0.296. The molecule has 0 atom stereocenters. The molecule has 0 heterocycles. The molecular weight excluding hydrogens is 656 g/mol. The van der Waals surface area contributed by atoms with Crippen LogP contribution in [0, 0.1) is 0 Å². The summed E-state index contributed by atoms with van der Waals surface area (Å²) in [6, 6.07) is 31.3. The molecule has 2 N–H and O–H groups in total. The molecule has 0 aliphatic rings. The van der Waals surface area contributed by atoms with Crippen molar-refractivity contribution in [3.63, 3.8) is 0 Å². The van der Waals surface area contributed by atoms with Gasteiger partial charge in [0, 0.05) is 11.4 Å². The third-order valence-corrected chi connectivity index (χ3v) is 9.80. The largest absolute Gasteiger partial charge is 0.457 e. The predicted octanol–water partition coefficient (Wildman–Crippen LogP) is 7.13. The minimum absolute atomic E-state index is 0.0414. The topological polar surface area (TPSA) is 122 Å². The van der Waals surface area contributed by atoms with Crippen LogP contribution in [-0.4, -0.2) is 29.3 Å². The highest BCUT2D eigenvalue weighted by Gasteiger charge is 2.31. The van der Waals surface area contributed by atoms with Gasteiger partial charge in [-0.1, -0.05) is 42.5 Å². The molecule has 9 nitrogen and oxygen atoms in total.